The predicted octanol–water partition coefficient (Wildman–Crippen LogP) is 2.66. The van der Waals surface area contributed by atoms with E-state index >= 15 is 0 Å². The number of nitrogens with zero attached hydrogens (tertiary/aromatic N) is 2. The zero-order chi connectivity index (χ0) is 18.6. The molecule has 0 spiro atoms. The molecule has 1 atom stereocenters. The fourth-order valence-corrected chi connectivity index (χ4v) is 3.95. The highest BCUT2D eigenvalue weighted by atomic mass is 32.2. The van der Waals surface area contributed by atoms with Crippen LogP contribution in [0.15, 0.2) is 64.5 Å². The molecular formula is C20H25N3O2S. The fraction of sp³-hybridized carbons (Fsp3) is 0.350. The van der Waals surface area contributed by atoms with Gasteiger partial charge in [0.1, 0.15) is 0 Å². The van der Waals surface area contributed by atoms with Crippen LogP contribution in [-0.2, 0) is 16.4 Å². The summed E-state index contributed by atoms with van der Waals surface area (Å²) in [5, 5.41) is 3.38. The summed E-state index contributed by atoms with van der Waals surface area (Å²) in [5.41, 5.74) is 2.40. The third-order valence-electron chi connectivity index (χ3n) is 4.77. The lowest BCUT2D eigenvalue weighted by Crippen LogP contribution is -2.39. The Hall–Kier alpha value is -2.34. The van der Waals surface area contributed by atoms with Crippen LogP contribution >= 0.6 is 0 Å². The third kappa shape index (κ3) is 4.43. The van der Waals surface area contributed by atoms with Crippen LogP contribution in [0.2, 0.25) is 0 Å². The number of likely N-dealkylation sites (tertiary alicyclic amines) is 1. The van der Waals surface area contributed by atoms with Crippen molar-refractivity contribution in [3.63, 3.8) is 0 Å². The van der Waals surface area contributed by atoms with Gasteiger partial charge in [0.25, 0.3) is 0 Å². The van der Waals surface area contributed by atoms with Crippen molar-refractivity contribution in [2.75, 3.05) is 26.4 Å². The number of aliphatic imine (C=N–C) groups is 1. The van der Waals surface area contributed by atoms with Crippen LogP contribution in [0.25, 0.3) is 0 Å². The van der Waals surface area contributed by atoms with E-state index in [1.165, 1.54) is 11.8 Å². The number of benzene rings is 2. The summed E-state index contributed by atoms with van der Waals surface area (Å²) in [4.78, 5) is 7.03. The Morgan fingerprint density at radius 1 is 1.15 bits per heavy atom. The van der Waals surface area contributed by atoms with Gasteiger partial charge in [-0.25, -0.2) is 8.42 Å². The Morgan fingerprint density at radius 3 is 2.46 bits per heavy atom. The van der Waals surface area contributed by atoms with Gasteiger partial charge in [0.05, 0.1) is 4.90 Å². The molecule has 2 aromatic carbocycles. The zero-order valence-electron chi connectivity index (χ0n) is 15.2. The van der Waals surface area contributed by atoms with Gasteiger partial charge in [-0.2, -0.15) is 0 Å². The first kappa shape index (κ1) is 18.5. The molecule has 1 aliphatic heterocycles. The molecule has 0 aromatic heterocycles. The predicted molar refractivity (Wildman–Crippen MR) is 105 cm³/mol. The fourth-order valence-electron chi connectivity index (χ4n) is 3.32. The highest BCUT2D eigenvalue weighted by Crippen LogP contribution is 2.26. The van der Waals surface area contributed by atoms with Crippen LogP contribution in [0.5, 0.6) is 0 Å². The van der Waals surface area contributed by atoms with Gasteiger partial charge in [-0.05, 0) is 29.7 Å². The molecule has 1 N–H and O–H groups in total. The highest BCUT2D eigenvalue weighted by Gasteiger charge is 2.25. The van der Waals surface area contributed by atoms with E-state index in [1.807, 2.05) is 18.2 Å². The largest absolute Gasteiger partial charge is 0.352 e. The Kier molecular flexibility index (Phi) is 5.61. The van der Waals surface area contributed by atoms with Gasteiger partial charge in [0.15, 0.2) is 15.8 Å². The lowest BCUT2D eigenvalue weighted by molar-refractivity contribution is 0.486. The van der Waals surface area contributed by atoms with Gasteiger partial charge in [0, 0.05) is 38.9 Å². The second-order valence-corrected chi connectivity index (χ2v) is 8.67. The Bertz CT molecular complexity index is 862. The minimum atomic E-state index is -3.15. The summed E-state index contributed by atoms with van der Waals surface area (Å²) in [7, 11) is -1.36. The Labute approximate surface area is 155 Å². The first-order valence-electron chi connectivity index (χ1n) is 8.77. The Balaban J connectivity index is 1.59. The standard InChI is InChI=1S/C20H25N3O2S/c1-21-20(22-14-16-8-10-19(11-9-16)26(2,24)25)23-13-12-18(15-23)17-6-4-3-5-7-17/h3-11,18H,12-15H2,1-2H3,(H,21,22). The lowest BCUT2D eigenvalue weighted by atomic mass is 9.99. The number of sulfone groups is 1. The molecule has 1 aliphatic rings. The van der Waals surface area contributed by atoms with Crippen molar-refractivity contribution in [3.8, 4) is 0 Å². The minimum Gasteiger partial charge on any atom is -0.352 e. The molecule has 0 bridgehead atoms. The van der Waals surface area contributed by atoms with E-state index in [0.717, 1.165) is 31.0 Å². The third-order valence-corrected chi connectivity index (χ3v) is 5.90. The van der Waals surface area contributed by atoms with E-state index in [9.17, 15) is 8.42 Å². The van der Waals surface area contributed by atoms with E-state index < -0.39 is 9.84 Å². The van der Waals surface area contributed by atoms with Crippen molar-refractivity contribution in [3.05, 3.63) is 65.7 Å². The lowest BCUT2D eigenvalue weighted by Gasteiger charge is -2.22. The van der Waals surface area contributed by atoms with Gasteiger partial charge < -0.3 is 10.2 Å². The molecule has 26 heavy (non-hydrogen) atoms. The van der Waals surface area contributed by atoms with E-state index in [0.29, 0.717) is 17.4 Å². The average molecular weight is 372 g/mol. The Morgan fingerprint density at radius 2 is 1.85 bits per heavy atom. The van der Waals surface area contributed by atoms with Crippen molar-refractivity contribution < 1.29 is 8.42 Å². The number of guanidine groups is 1. The summed E-state index contributed by atoms with van der Waals surface area (Å²) < 4.78 is 23.1. The van der Waals surface area contributed by atoms with Gasteiger partial charge in [0.2, 0.25) is 0 Å². The maximum absolute atomic E-state index is 11.5. The molecule has 5 nitrogen and oxygen atoms in total. The van der Waals surface area contributed by atoms with Crippen LogP contribution in [-0.4, -0.2) is 45.7 Å². The van der Waals surface area contributed by atoms with E-state index in [2.05, 4.69) is 39.5 Å². The van der Waals surface area contributed by atoms with Crippen LogP contribution < -0.4 is 5.32 Å². The summed E-state index contributed by atoms with van der Waals surface area (Å²) in [5.74, 6) is 1.42. The SMILES string of the molecule is CN=C(NCc1ccc(S(C)(=O)=O)cc1)N1CCC(c2ccccc2)C1. The molecule has 0 radical (unpaired) electrons. The first-order valence-corrected chi connectivity index (χ1v) is 10.7. The molecule has 1 heterocycles. The quantitative estimate of drug-likeness (QED) is 0.663. The number of rotatable bonds is 4. The minimum absolute atomic E-state index is 0.343. The van der Waals surface area contributed by atoms with Crippen molar-refractivity contribution in [2.24, 2.45) is 4.99 Å². The summed E-state index contributed by atoms with van der Waals surface area (Å²) in [6.45, 7) is 2.55. The molecule has 3 rings (SSSR count). The van der Waals surface area contributed by atoms with Gasteiger partial charge in [-0.3, -0.25) is 4.99 Å². The molecule has 1 fully saturated rings. The highest BCUT2D eigenvalue weighted by molar-refractivity contribution is 7.90. The van der Waals surface area contributed by atoms with Crippen LogP contribution in [0.3, 0.4) is 0 Å². The van der Waals surface area contributed by atoms with E-state index in [4.69, 9.17) is 0 Å². The van der Waals surface area contributed by atoms with Gasteiger partial charge in [-0.1, -0.05) is 42.5 Å². The zero-order valence-corrected chi connectivity index (χ0v) is 16.0. The van der Waals surface area contributed by atoms with Crippen LogP contribution in [0.1, 0.15) is 23.5 Å². The van der Waals surface area contributed by atoms with Gasteiger partial charge in [-0.15, -0.1) is 0 Å². The second kappa shape index (κ2) is 7.91. The monoisotopic (exact) mass is 371 g/mol. The number of hydrogen-bond acceptors (Lipinski definition) is 3. The van der Waals surface area contributed by atoms with Crippen LogP contribution in [0.4, 0.5) is 0 Å². The summed E-state index contributed by atoms with van der Waals surface area (Å²) in [6.07, 6.45) is 2.34. The molecule has 0 amide bonds. The molecule has 0 aliphatic carbocycles. The van der Waals surface area contributed by atoms with Crippen molar-refractivity contribution in [2.45, 2.75) is 23.8 Å². The second-order valence-electron chi connectivity index (χ2n) is 6.66. The maximum Gasteiger partial charge on any atom is 0.193 e. The summed E-state index contributed by atoms with van der Waals surface area (Å²) in [6, 6.07) is 17.6. The number of nitrogens with one attached hydrogen (secondary N) is 1. The molecule has 1 unspecified atom stereocenters. The topological polar surface area (TPSA) is 61.8 Å². The molecule has 6 heteroatoms. The average Bonchev–Trinajstić information content (AvgIpc) is 3.13. The maximum atomic E-state index is 11.5. The van der Waals surface area contributed by atoms with Crippen molar-refractivity contribution >= 4 is 15.8 Å². The van der Waals surface area contributed by atoms with Crippen molar-refractivity contribution in [1.29, 1.82) is 0 Å². The van der Waals surface area contributed by atoms with E-state index in [-0.39, 0.29) is 0 Å². The van der Waals surface area contributed by atoms with Gasteiger partial charge >= 0.3 is 0 Å². The first-order chi connectivity index (χ1) is 12.5. The normalized spacial score (nSPS) is 18.2. The molecule has 1 saturated heterocycles. The smallest absolute Gasteiger partial charge is 0.193 e. The summed E-state index contributed by atoms with van der Waals surface area (Å²) >= 11 is 0. The molecule has 138 valence electrons. The molecule has 0 saturated carbocycles. The molecule has 2 aromatic rings. The molecular weight excluding hydrogens is 346 g/mol. The van der Waals surface area contributed by atoms with E-state index in [1.54, 1.807) is 19.2 Å². The number of hydrogen-bond donors (Lipinski definition) is 1. The van der Waals surface area contributed by atoms with Crippen molar-refractivity contribution in [1.82, 2.24) is 10.2 Å². The van der Waals surface area contributed by atoms with Crippen LogP contribution in [0, 0.1) is 0 Å².